The van der Waals surface area contributed by atoms with Crippen molar-refractivity contribution >= 4 is 29.9 Å². The summed E-state index contributed by atoms with van der Waals surface area (Å²) in [5.74, 6) is -2.73. The van der Waals surface area contributed by atoms with E-state index in [1.54, 1.807) is 12.2 Å². The van der Waals surface area contributed by atoms with Gasteiger partial charge >= 0.3 is 11.9 Å². The van der Waals surface area contributed by atoms with Gasteiger partial charge in [-0.1, -0.05) is 141 Å². The molecule has 4 aromatic rings. The van der Waals surface area contributed by atoms with Crippen molar-refractivity contribution in [2.24, 2.45) is 11.8 Å². The summed E-state index contributed by atoms with van der Waals surface area (Å²) in [5, 5.41) is 10.8. The maximum absolute atomic E-state index is 13.4. The number of carbonyl (C=O) groups excluding carboxylic acids is 3. The van der Waals surface area contributed by atoms with Crippen LogP contribution in [0, 0.1) is 25.7 Å². The fourth-order valence-corrected chi connectivity index (χ4v) is 9.03. The van der Waals surface area contributed by atoms with Gasteiger partial charge in [-0.2, -0.15) is 0 Å². The molecule has 2 fully saturated rings. The second-order valence-electron chi connectivity index (χ2n) is 19.3. The van der Waals surface area contributed by atoms with E-state index in [2.05, 4.69) is 0 Å². The number of aryl methyl sites for hydroxylation is 2. The molecule has 4 aliphatic rings. The Labute approximate surface area is 401 Å². The number of rotatable bonds is 2. The summed E-state index contributed by atoms with van der Waals surface area (Å²) >= 11 is 0. The molecule has 8 rings (SSSR count). The molecule has 0 radical (unpaired) electrons. The third kappa shape index (κ3) is 11.7. The fraction of sp³-hybridized carbons (Fsp3) is 0.397. The van der Waals surface area contributed by atoms with Gasteiger partial charge in [-0.15, -0.1) is 0 Å². The molecule has 68 heavy (non-hydrogen) atoms. The Morgan fingerprint density at radius 3 is 1.50 bits per heavy atom. The SMILES string of the molecule is Cc1ccc(-c2ccccc2)c2c1C(=O)O[C@@H](C)[C@H](C)/C=C\C(=O)[C@H]1OC(C)(C)O[C@H]1CC=C2.Cc1ccc(-c2ccccc2)c2c1C(=O)O[C@@H](C)[C@H](C)/C=C\C(O)[C@H]1OC(C)(C)O[C@H]1CC=C2. The molecule has 1 N–H and O–H groups in total. The molecule has 10 nitrogen and oxygen atoms in total. The summed E-state index contributed by atoms with van der Waals surface area (Å²) in [4.78, 5) is 39.7. The van der Waals surface area contributed by atoms with Gasteiger partial charge in [0.2, 0.25) is 0 Å². The molecule has 1 unspecified atom stereocenters. The summed E-state index contributed by atoms with van der Waals surface area (Å²) in [6, 6.07) is 28.0. The molecule has 2 saturated heterocycles. The van der Waals surface area contributed by atoms with E-state index in [4.69, 9.17) is 28.4 Å². The van der Waals surface area contributed by atoms with E-state index in [0.29, 0.717) is 24.0 Å². The van der Waals surface area contributed by atoms with Crippen LogP contribution in [0.25, 0.3) is 34.4 Å². The van der Waals surface area contributed by atoms with Gasteiger partial charge in [0.15, 0.2) is 17.4 Å². The van der Waals surface area contributed by atoms with Gasteiger partial charge in [0.05, 0.1) is 23.3 Å². The molecular formula is C58H66O10. The summed E-state index contributed by atoms with van der Waals surface area (Å²) in [6.45, 7) is 18.8. The molecule has 9 atom stereocenters. The number of esters is 2. The smallest absolute Gasteiger partial charge is 0.339 e. The number of carbonyl (C=O) groups is 3. The topological polar surface area (TPSA) is 127 Å². The predicted octanol–water partition coefficient (Wildman–Crippen LogP) is 11.6. The number of hydrogen-bond donors (Lipinski definition) is 1. The molecule has 4 aliphatic heterocycles. The summed E-state index contributed by atoms with van der Waals surface area (Å²) in [5.41, 5.74) is 8.38. The number of hydrogen-bond acceptors (Lipinski definition) is 10. The Morgan fingerprint density at radius 1 is 0.529 bits per heavy atom. The predicted molar refractivity (Wildman–Crippen MR) is 266 cm³/mol. The van der Waals surface area contributed by atoms with Crippen LogP contribution in [0.3, 0.4) is 0 Å². The largest absolute Gasteiger partial charge is 0.458 e. The molecular weight excluding hydrogens is 857 g/mol. The summed E-state index contributed by atoms with van der Waals surface area (Å²) < 4.78 is 35.9. The van der Waals surface area contributed by atoms with Crippen molar-refractivity contribution < 1.29 is 47.9 Å². The molecule has 10 heteroatoms. The monoisotopic (exact) mass is 922 g/mol. The lowest BCUT2D eigenvalue weighted by Crippen LogP contribution is -2.34. The maximum atomic E-state index is 13.4. The third-order valence-corrected chi connectivity index (χ3v) is 13.1. The van der Waals surface area contributed by atoms with E-state index in [1.165, 1.54) is 6.08 Å². The van der Waals surface area contributed by atoms with Crippen LogP contribution in [0.4, 0.5) is 0 Å². The number of benzene rings is 4. The van der Waals surface area contributed by atoms with Crippen molar-refractivity contribution in [3.63, 3.8) is 0 Å². The first-order valence-electron chi connectivity index (χ1n) is 23.7. The van der Waals surface area contributed by atoms with E-state index in [9.17, 15) is 19.5 Å². The van der Waals surface area contributed by atoms with Crippen molar-refractivity contribution in [2.45, 2.75) is 136 Å². The van der Waals surface area contributed by atoms with Crippen molar-refractivity contribution in [3.05, 3.63) is 155 Å². The van der Waals surface area contributed by atoms with Crippen molar-refractivity contribution in [3.8, 4) is 22.3 Å². The van der Waals surface area contributed by atoms with Gasteiger partial charge in [-0.05, 0) is 119 Å². The maximum Gasteiger partial charge on any atom is 0.339 e. The quantitative estimate of drug-likeness (QED) is 0.153. The van der Waals surface area contributed by atoms with Crippen molar-refractivity contribution in [1.82, 2.24) is 0 Å². The van der Waals surface area contributed by atoms with Gasteiger partial charge in [0.25, 0.3) is 0 Å². The van der Waals surface area contributed by atoms with Gasteiger partial charge in [0.1, 0.15) is 30.5 Å². The normalized spacial score (nSPS) is 29.0. The average molecular weight is 923 g/mol. The first-order valence-corrected chi connectivity index (χ1v) is 23.7. The Kier molecular flexibility index (Phi) is 15.7. The molecule has 358 valence electrons. The van der Waals surface area contributed by atoms with Crippen LogP contribution in [-0.4, -0.2) is 77.1 Å². The Hall–Kier alpha value is -5.75. The van der Waals surface area contributed by atoms with E-state index in [-0.39, 0.29) is 41.8 Å². The molecule has 0 amide bonds. The summed E-state index contributed by atoms with van der Waals surface area (Å²) in [6.07, 6.45) is 12.2. The molecule has 0 aromatic heterocycles. The van der Waals surface area contributed by atoms with Crippen LogP contribution in [0.5, 0.6) is 0 Å². The first kappa shape index (κ1) is 50.1. The second-order valence-corrected chi connectivity index (χ2v) is 19.3. The zero-order valence-corrected chi connectivity index (χ0v) is 40.9. The number of aliphatic hydroxyl groups excluding tert-OH is 1. The van der Waals surface area contributed by atoms with Crippen LogP contribution in [-0.2, 0) is 33.2 Å². The number of aliphatic hydroxyl groups is 1. The number of cyclic esters (lactones) is 2. The first-order chi connectivity index (χ1) is 32.3. The number of ether oxygens (including phenoxy) is 6. The van der Waals surface area contributed by atoms with Crippen molar-refractivity contribution in [1.29, 1.82) is 0 Å². The zero-order valence-electron chi connectivity index (χ0n) is 40.9. The lowest BCUT2D eigenvalue weighted by atomic mass is 9.91. The van der Waals surface area contributed by atoms with Gasteiger partial charge < -0.3 is 33.5 Å². The van der Waals surface area contributed by atoms with Crippen LogP contribution in [0.2, 0.25) is 0 Å². The molecule has 4 heterocycles. The lowest BCUT2D eigenvalue weighted by molar-refractivity contribution is -0.152. The van der Waals surface area contributed by atoms with Gasteiger partial charge in [0, 0.05) is 11.8 Å². The summed E-state index contributed by atoms with van der Waals surface area (Å²) in [7, 11) is 0. The Balaban J connectivity index is 0.000000201. The van der Waals surface area contributed by atoms with E-state index in [0.717, 1.165) is 44.5 Å². The van der Waals surface area contributed by atoms with E-state index < -0.39 is 42.1 Å². The van der Waals surface area contributed by atoms with E-state index >= 15 is 0 Å². The zero-order chi connectivity index (χ0) is 48.9. The molecule has 0 saturated carbocycles. The number of fused-ring (bicyclic) bond motifs is 4. The lowest BCUT2D eigenvalue weighted by Gasteiger charge is -2.23. The Bertz CT molecular complexity index is 2570. The highest BCUT2D eigenvalue weighted by molar-refractivity contribution is 6.00. The minimum Gasteiger partial charge on any atom is -0.458 e. The highest BCUT2D eigenvalue weighted by Gasteiger charge is 2.45. The van der Waals surface area contributed by atoms with Gasteiger partial charge in [-0.25, -0.2) is 9.59 Å². The standard InChI is InChI=1S/C29H34O5.C29H32O5/c2*1-18-15-17-24(30)27-25(33-29(4,5)34-27)13-9-12-23-22(21-10-7-6-8-11-21)16-14-19(2)26(23)28(31)32-20(18)3/h6-12,14-18,20,24-25,27,30H,13H2,1-5H3;6-12,14-18,20,25,27H,13H2,1-5H3/b2*12-9?,17-15-/t18-,20+,24?,25+,27-;18-,20+,25+,27-/m11/s1. The minimum absolute atomic E-state index is 0.0908. The highest BCUT2D eigenvalue weighted by Crippen LogP contribution is 2.37. The molecule has 0 spiro atoms. The molecule has 0 aliphatic carbocycles. The van der Waals surface area contributed by atoms with Crippen LogP contribution < -0.4 is 0 Å². The second kappa shape index (κ2) is 21.3. The van der Waals surface area contributed by atoms with Crippen molar-refractivity contribution in [2.75, 3.05) is 0 Å². The molecule has 4 aromatic carbocycles. The highest BCUT2D eigenvalue weighted by atomic mass is 16.8. The fourth-order valence-electron chi connectivity index (χ4n) is 9.03. The average Bonchev–Trinajstić information content (AvgIpc) is 3.80. The Morgan fingerprint density at radius 2 is 0.985 bits per heavy atom. The molecule has 0 bridgehead atoms. The van der Waals surface area contributed by atoms with Crippen LogP contribution >= 0.6 is 0 Å². The van der Waals surface area contributed by atoms with Gasteiger partial charge in [-0.3, -0.25) is 4.79 Å². The minimum atomic E-state index is -0.845. The van der Waals surface area contributed by atoms with E-state index in [1.807, 2.05) is 185 Å². The third-order valence-electron chi connectivity index (χ3n) is 13.1. The van der Waals surface area contributed by atoms with Crippen LogP contribution in [0.1, 0.15) is 111 Å². The van der Waals surface area contributed by atoms with Crippen LogP contribution in [0.15, 0.2) is 121 Å². The number of ketones is 1.